The second kappa shape index (κ2) is 7.63. The van der Waals surface area contributed by atoms with Gasteiger partial charge < -0.3 is 15.3 Å². The summed E-state index contributed by atoms with van der Waals surface area (Å²) < 4.78 is 1.13. The highest BCUT2D eigenvalue weighted by molar-refractivity contribution is 7.21. The quantitative estimate of drug-likeness (QED) is 0.693. The van der Waals surface area contributed by atoms with Crippen molar-refractivity contribution < 1.29 is 14.7 Å². The molecule has 0 unspecified atom stereocenters. The fourth-order valence-corrected chi connectivity index (χ4v) is 3.53. The van der Waals surface area contributed by atoms with Crippen molar-refractivity contribution in [2.75, 3.05) is 25.5 Å². The zero-order valence-electron chi connectivity index (χ0n) is 14.5. The molecule has 0 atom stereocenters. The molecule has 0 radical (unpaired) electrons. The van der Waals surface area contributed by atoms with E-state index in [1.807, 2.05) is 24.3 Å². The summed E-state index contributed by atoms with van der Waals surface area (Å²) in [7, 11) is 1.47. The molecule has 0 fully saturated rings. The number of aromatic nitrogens is 1. The third-order valence-electron chi connectivity index (χ3n) is 3.91. The molecule has 3 rings (SSSR count). The fraction of sp³-hybridized carbons (Fsp3) is 0.211. The van der Waals surface area contributed by atoms with Crippen LogP contribution in [0.2, 0.25) is 0 Å². The van der Waals surface area contributed by atoms with Crippen LogP contribution in [0.1, 0.15) is 5.56 Å². The van der Waals surface area contributed by atoms with Gasteiger partial charge in [0, 0.05) is 24.8 Å². The third-order valence-corrected chi connectivity index (χ3v) is 4.98. The van der Waals surface area contributed by atoms with Crippen LogP contribution in [-0.2, 0) is 9.59 Å². The number of aryl methyl sites for hydroxylation is 1. The van der Waals surface area contributed by atoms with Gasteiger partial charge in [0.25, 0.3) is 0 Å². The molecule has 0 bridgehead atoms. The lowest BCUT2D eigenvalue weighted by Gasteiger charge is -2.14. The molecule has 1 aromatic heterocycles. The number of nitrogens with zero attached hydrogens (tertiary/aromatic N) is 2. The zero-order chi connectivity index (χ0) is 18.7. The van der Waals surface area contributed by atoms with E-state index in [1.165, 1.54) is 17.5 Å². The SMILES string of the molecule is Cc1ccc2nc(-c3ccc(NC(=O)C(=O)N(C)CCO)cc3)sc2c1. The van der Waals surface area contributed by atoms with Crippen molar-refractivity contribution in [1.82, 2.24) is 9.88 Å². The van der Waals surface area contributed by atoms with Crippen LogP contribution in [0.15, 0.2) is 42.5 Å². The minimum Gasteiger partial charge on any atom is -0.395 e. The van der Waals surface area contributed by atoms with Crippen molar-refractivity contribution in [2.45, 2.75) is 6.92 Å². The first kappa shape index (κ1) is 18.0. The van der Waals surface area contributed by atoms with Crippen LogP contribution in [0, 0.1) is 6.92 Å². The molecular weight excluding hydrogens is 350 g/mol. The fourth-order valence-electron chi connectivity index (χ4n) is 2.46. The summed E-state index contributed by atoms with van der Waals surface area (Å²) in [5, 5.41) is 12.3. The van der Waals surface area contributed by atoms with Gasteiger partial charge in [0.05, 0.1) is 16.8 Å². The summed E-state index contributed by atoms with van der Waals surface area (Å²) in [5.74, 6) is -1.42. The molecule has 0 spiro atoms. The van der Waals surface area contributed by atoms with Gasteiger partial charge in [0.1, 0.15) is 5.01 Å². The van der Waals surface area contributed by atoms with Crippen LogP contribution < -0.4 is 5.32 Å². The minimum absolute atomic E-state index is 0.113. The number of rotatable bonds is 4. The standard InChI is InChI=1S/C19H19N3O3S/c1-12-3-8-15-16(11-12)26-18(21-15)13-4-6-14(7-5-13)20-17(24)19(25)22(2)9-10-23/h3-8,11,23H,9-10H2,1-2H3,(H,20,24). The maximum atomic E-state index is 11.9. The number of hydrogen-bond donors (Lipinski definition) is 2. The van der Waals surface area contributed by atoms with Crippen LogP contribution >= 0.6 is 11.3 Å². The summed E-state index contributed by atoms with van der Waals surface area (Å²) in [6.45, 7) is 1.98. The number of thiazole rings is 1. The Morgan fingerprint density at radius 1 is 1.19 bits per heavy atom. The number of fused-ring (bicyclic) bond motifs is 1. The van der Waals surface area contributed by atoms with E-state index in [9.17, 15) is 9.59 Å². The highest BCUT2D eigenvalue weighted by Gasteiger charge is 2.18. The van der Waals surface area contributed by atoms with Crippen LogP contribution in [0.4, 0.5) is 5.69 Å². The molecule has 0 saturated heterocycles. The van der Waals surface area contributed by atoms with Gasteiger partial charge in [-0.15, -0.1) is 11.3 Å². The number of anilines is 1. The molecule has 2 amide bonds. The number of carbonyl (C=O) groups excluding carboxylic acids is 2. The van der Waals surface area contributed by atoms with Gasteiger partial charge in [-0.05, 0) is 48.9 Å². The molecule has 26 heavy (non-hydrogen) atoms. The van der Waals surface area contributed by atoms with E-state index in [0.29, 0.717) is 5.69 Å². The topological polar surface area (TPSA) is 82.5 Å². The Bertz CT molecular complexity index is 950. The number of aliphatic hydroxyl groups excluding tert-OH is 1. The molecule has 0 aliphatic carbocycles. The Kier molecular flexibility index (Phi) is 5.29. The van der Waals surface area contributed by atoms with E-state index < -0.39 is 11.8 Å². The third kappa shape index (κ3) is 3.89. The number of amides is 2. The lowest BCUT2D eigenvalue weighted by Crippen LogP contribution is -2.38. The lowest BCUT2D eigenvalue weighted by molar-refractivity contribution is -0.142. The maximum Gasteiger partial charge on any atom is 0.313 e. The van der Waals surface area contributed by atoms with E-state index in [-0.39, 0.29) is 13.2 Å². The Labute approximate surface area is 155 Å². The molecule has 0 aliphatic heterocycles. The number of nitrogens with one attached hydrogen (secondary N) is 1. The first-order chi connectivity index (χ1) is 12.5. The zero-order valence-corrected chi connectivity index (χ0v) is 15.3. The molecule has 3 aromatic rings. The summed E-state index contributed by atoms with van der Waals surface area (Å²) in [5.41, 5.74) is 3.64. The molecule has 134 valence electrons. The summed E-state index contributed by atoms with van der Waals surface area (Å²) in [6, 6.07) is 13.4. The minimum atomic E-state index is -0.732. The normalized spacial score (nSPS) is 10.7. The predicted octanol–water partition coefficient (Wildman–Crippen LogP) is 2.66. The van der Waals surface area contributed by atoms with E-state index >= 15 is 0 Å². The summed E-state index contributed by atoms with van der Waals surface area (Å²) in [4.78, 5) is 29.6. The van der Waals surface area contributed by atoms with Crippen molar-refractivity contribution >= 4 is 39.1 Å². The van der Waals surface area contributed by atoms with E-state index in [0.717, 1.165) is 20.8 Å². The molecule has 2 N–H and O–H groups in total. The summed E-state index contributed by atoms with van der Waals surface area (Å²) in [6.07, 6.45) is 0. The molecular formula is C19H19N3O3S. The molecule has 2 aromatic carbocycles. The molecule has 0 aliphatic rings. The monoisotopic (exact) mass is 369 g/mol. The number of likely N-dealkylation sites (N-methyl/N-ethyl adjacent to an activating group) is 1. The Morgan fingerprint density at radius 2 is 1.92 bits per heavy atom. The number of benzene rings is 2. The predicted molar refractivity (Wildman–Crippen MR) is 103 cm³/mol. The van der Waals surface area contributed by atoms with Crippen molar-refractivity contribution in [2.24, 2.45) is 0 Å². The number of aliphatic hydroxyl groups is 1. The van der Waals surface area contributed by atoms with Crippen LogP contribution in [0.3, 0.4) is 0 Å². The number of carbonyl (C=O) groups is 2. The Morgan fingerprint density at radius 3 is 2.62 bits per heavy atom. The van der Waals surface area contributed by atoms with Crippen molar-refractivity contribution in [1.29, 1.82) is 0 Å². The number of hydrogen-bond acceptors (Lipinski definition) is 5. The second-order valence-electron chi connectivity index (χ2n) is 5.97. The van der Waals surface area contributed by atoms with Gasteiger partial charge in [-0.25, -0.2) is 4.98 Å². The van der Waals surface area contributed by atoms with Crippen LogP contribution in [0.5, 0.6) is 0 Å². The molecule has 1 heterocycles. The van der Waals surface area contributed by atoms with Crippen molar-refractivity contribution in [3.05, 3.63) is 48.0 Å². The lowest BCUT2D eigenvalue weighted by atomic mass is 10.2. The first-order valence-electron chi connectivity index (χ1n) is 8.13. The van der Waals surface area contributed by atoms with Gasteiger partial charge in [-0.1, -0.05) is 6.07 Å². The van der Waals surface area contributed by atoms with Gasteiger partial charge in [0.2, 0.25) is 0 Å². The first-order valence-corrected chi connectivity index (χ1v) is 8.94. The largest absolute Gasteiger partial charge is 0.395 e. The van der Waals surface area contributed by atoms with Gasteiger partial charge in [-0.2, -0.15) is 0 Å². The van der Waals surface area contributed by atoms with Crippen LogP contribution in [-0.4, -0.2) is 47.0 Å². The van der Waals surface area contributed by atoms with E-state index in [4.69, 9.17) is 5.11 Å². The van der Waals surface area contributed by atoms with Crippen molar-refractivity contribution in [3.63, 3.8) is 0 Å². The molecule has 0 saturated carbocycles. The highest BCUT2D eigenvalue weighted by Crippen LogP contribution is 2.31. The summed E-state index contributed by atoms with van der Waals surface area (Å²) >= 11 is 1.62. The highest BCUT2D eigenvalue weighted by atomic mass is 32.1. The van der Waals surface area contributed by atoms with E-state index in [2.05, 4.69) is 23.3 Å². The smallest absolute Gasteiger partial charge is 0.313 e. The van der Waals surface area contributed by atoms with E-state index in [1.54, 1.807) is 23.5 Å². The average molecular weight is 369 g/mol. The van der Waals surface area contributed by atoms with Gasteiger partial charge >= 0.3 is 11.8 Å². The second-order valence-corrected chi connectivity index (χ2v) is 7.00. The maximum absolute atomic E-state index is 11.9. The average Bonchev–Trinajstić information content (AvgIpc) is 3.05. The molecule has 7 heteroatoms. The Balaban J connectivity index is 1.73. The van der Waals surface area contributed by atoms with Gasteiger partial charge in [0.15, 0.2) is 0 Å². The van der Waals surface area contributed by atoms with Gasteiger partial charge in [-0.3, -0.25) is 9.59 Å². The molecule has 6 nitrogen and oxygen atoms in total. The van der Waals surface area contributed by atoms with Crippen molar-refractivity contribution in [3.8, 4) is 10.6 Å². The Hall–Kier alpha value is -2.77. The van der Waals surface area contributed by atoms with Crippen LogP contribution in [0.25, 0.3) is 20.8 Å².